The fraction of sp³-hybridized carbons (Fsp3) is 0.615. The maximum atomic E-state index is 12.4. The summed E-state index contributed by atoms with van der Waals surface area (Å²) >= 11 is 1.70. The molecule has 3 nitrogen and oxygen atoms in total. The van der Waals surface area contributed by atoms with E-state index in [-0.39, 0.29) is 23.7 Å². The molecule has 1 unspecified atom stereocenters. The van der Waals surface area contributed by atoms with Crippen molar-refractivity contribution in [2.24, 2.45) is 5.41 Å². The Morgan fingerprint density at radius 3 is 2.94 bits per heavy atom. The fourth-order valence-electron chi connectivity index (χ4n) is 2.41. The maximum Gasteiger partial charge on any atom is 0.229 e. The van der Waals surface area contributed by atoms with E-state index >= 15 is 0 Å². The Morgan fingerprint density at radius 2 is 2.39 bits per heavy atom. The number of hydrogen-bond donors (Lipinski definition) is 1. The molecule has 0 radical (unpaired) electrons. The van der Waals surface area contributed by atoms with E-state index < -0.39 is 0 Å². The van der Waals surface area contributed by atoms with Crippen molar-refractivity contribution in [3.63, 3.8) is 0 Å². The van der Waals surface area contributed by atoms with Gasteiger partial charge in [0.1, 0.15) is 0 Å². The van der Waals surface area contributed by atoms with Crippen molar-refractivity contribution in [2.75, 3.05) is 20.1 Å². The van der Waals surface area contributed by atoms with Gasteiger partial charge in [-0.2, -0.15) is 0 Å². The van der Waals surface area contributed by atoms with Gasteiger partial charge in [-0.25, -0.2) is 0 Å². The molecule has 102 valence electrons. The van der Waals surface area contributed by atoms with Crippen LogP contribution in [-0.2, 0) is 11.3 Å². The first kappa shape index (κ1) is 15.5. The van der Waals surface area contributed by atoms with Crippen LogP contribution in [0.1, 0.15) is 24.6 Å². The number of amides is 1. The zero-order valence-electron chi connectivity index (χ0n) is 10.9. The van der Waals surface area contributed by atoms with Crippen LogP contribution in [0.25, 0.3) is 0 Å². The summed E-state index contributed by atoms with van der Waals surface area (Å²) in [5, 5.41) is 5.38. The number of thiophene rings is 1. The Kier molecular flexibility index (Phi) is 5.63. The number of carbonyl (C=O) groups is 1. The molecule has 1 N–H and O–H groups in total. The number of halogens is 1. The Balaban J connectivity index is 0.00000162. The summed E-state index contributed by atoms with van der Waals surface area (Å²) in [5.74, 6) is 0.262. The highest BCUT2D eigenvalue weighted by Gasteiger charge is 2.36. The zero-order valence-corrected chi connectivity index (χ0v) is 12.6. The van der Waals surface area contributed by atoms with Gasteiger partial charge in [-0.05, 0) is 37.8 Å². The van der Waals surface area contributed by atoms with Crippen molar-refractivity contribution >= 4 is 29.7 Å². The van der Waals surface area contributed by atoms with E-state index in [9.17, 15) is 4.79 Å². The van der Waals surface area contributed by atoms with E-state index in [2.05, 4.69) is 23.7 Å². The Morgan fingerprint density at radius 1 is 1.61 bits per heavy atom. The first-order valence-corrected chi connectivity index (χ1v) is 6.98. The van der Waals surface area contributed by atoms with Gasteiger partial charge in [-0.15, -0.1) is 23.7 Å². The summed E-state index contributed by atoms with van der Waals surface area (Å²) in [5.41, 5.74) is -0.218. The highest BCUT2D eigenvalue weighted by molar-refractivity contribution is 7.09. The number of rotatable bonds is 3. The molecule has 1 saturated heterocycles. The molecular weight excluding hydrogens is 268 g/mol. The molecule has 1 aromatic rings. The first-order chi connectivity index (χ1) is 8.12. The van der Waals surface area contributed by atoms with Crippen LogP contribution in [0.2, 0.25) is 0 Å². The molecular formula is C13H21ClN2OS. The van der Waals surface area contributed by atoms with Gasteiger partial charge in [0.25, 0.3) is 0 Å². The highest BCUT2D eigenvalue weighted by atomic mass is 35.5. The molecule has 1 aliphatic rings. The van der Waals surface area contributed by atoms with Crippen molar-refractivity contribution < 1.29 is 4.79 Å². The second-order valence-electron chi connectivity index (χ2n) is 5.08. The van der Waals surface area contributed by atoms with E-state index in [0.29, 0.717) is 0 Å². The lowest BCUT2D eigenvalue weighted by molar-refractivity contribution is -0.141. The van der Waals surface area contributed by atoms with Gasteiger partial charge in [0.2, 0.25) is 5.91 Å². The van der Waals surface area contributed by atoms with E-state index in [1.54, 1.807) is 11.3 Å². The number of carbonyl (C=O) groups excluding carboxylic acids is 1. The van der Waals surface area contributed by atoms with Crippen molar-refractivity contribution in [3.8, 4) is 0 Å². The molecule has 2 rings (SSSR count). The SMILES string of the molecule is CN(Cc1cccs1)C(=O)C1(C)CCCNC1.Cl. The molecule has 18 heavy (non-hydrogen) atoms. The molecule has 5 heteroatoms. The zero-order chi connectivity index (χ0) is 12.3. The van der Waals surface area contributed by atoms with Crippen LogP contribution in [-0.4, -0.2) is 30.9 Å². The third-order valence-electron chi connectivity index (χ3n) is 3.43. The summed E-state index contributed by atoms with van der Waals surface area (Å²) in [6.45, 7) is 4.65. The average molecular weight is 289 g/mol. The minimum Gasteiger partial charge on any atom is -0.340 e. The molecule has 1 aliphatic heterocycles. The van der Waals surface area contributed by atoms with Crippen LogP contribution in [0.3, 0.4) is 0 Å². The summed E-state index contributed by atoms with van der Waals surface area (Å²) in [7, 11) is 1.90. The van der Waals surface area contributed by atoms with E-state index in [4.69, 9.17) is 0 Å². The van der Waals surface area contributed by atoms with E-state index in [1.807, 2.05) is 18.0 Å². The minimum absolute atomic E-state index is 0. The molecule has 0 aromatic carbocycles. The highest BCUT2D eigenvalue weighted by Crippen LogP contribution is 2.28. The Labute approximate surface area is 119 Å². The van der Waals surface area contributed by atoms with Crippen LogP contribution >= 0.6 is 23.7 Å². The maximum absolute atomic E-state index is 12.4. The van der Waals surface area contributed by atoms with Crippen LogP contribution in [0, 0.1) is 5.41 Å². The molecule has 0 bridgehead atoms. The van der Waals surface area contributed by atoms with Gasteiger partial charge in [0.15, 0.2) is 0 Å². The smallest absolute Gasteiger partial charge is 0.229 e. The number of nitrogens with one attached hydrogen (secondary N) is 1. The molecule has 1 aromatic heterocycles. The number of hydrogen-bond acceptors (Lipinski definition) is 3. The molecule has 0 saturated carbocycles. The van der Waals surface area contributed by atoms with Gasteiger partial charge in [-0.1, -0.05) is 6.07 Å². The topological polar surface area (TPSA) is 32.3 Å². The summed E-state index contributed by atoms with van der Waals surface area (Å²) in [6.07, 6.45) is 2.09. The lowest BCUT2D eigenvalue weighted by Crippen LogP contribution is -2.48. The van der Waals surface area contributed by atoms with Gasteiger partial charge in [-0.3, -0.25) is 4.79 Å². The molecule has 1 fully saturated rings. The minimum atomic E-state index is -0.218. The van der Waals surface area contributed by atoms with Crippen molar-refractivity contribution in [2.45, 2.75) is 26.3 Å². The van der Waals surface area contributed by atoms with Gasteiger partial charge in [0, 0.05) is 18.5 Å². The Bertz CT molecular complexity index is 374. The molecule has 0 spiro atoms. The van der Waals surface area contributed by atoms with Gasteiger partial charge >= 0.3 is 0 Å². The third-order valence-corrected chi connectivity index (χ3v) is 4.29. The van der Waals surface area contributed by atoms with Crippen LogP contribution in [0.4, 0.5) is 0 Å². The lowest BCUT2D eigenvalue weighted by atomic mass is 9.81. The predicted octanol–water partition coefficient (Wildman–Crippen LogP) is 2.52. The standard InChI is InChI=1S/C13H20N2OS.ClH/c1-13(6-4-7-14-10-13)12(16)15(2)9-11-5-3-8-17-11;/h3,5,8,14H,4,6-7,9-10H2,1-2H3;1H. The molecule has 1 amide bonds. The largest absolute Gasteiger partial charge is 0.340 e. The lowest BCUT2D eigenvalue weighted by Gasteiger charge is -2.35. The second kappa shape index (κ2) is 6.55. The Hall–Kier alpha value is -0.580. The normalized spacial score (nSPS) is 23.2. The molecule has 1 atom stereocenters. The van der Waals surface area contributed by atoms with E-state index in [0.717, 1.165) is 32.5 Å². The van der Waals surface area contributed by atoms with Crippen LogP contribution in [0.15, 0.2) is 17.5 Å². The second-order valence-corrected chi connectivity index (χ2v) is 6.11. The summed E-state index contributed by atoms with van der Waals surface area (Å²) < 4.78 is 0. The van der Waals surface area contributed by atoms with Gasteiger partial charge < -0.3 is 10.2 Å². The van der Waals surface area contributed by atoms with Crippen molar-refractivity contribution in [1.82, 2.24) is 10.2 Å². The van der Waals surface area contributed by atoms with Crippen molar-refractivity contribution in [3.05, 3.63) is 22.4 Å². The summed E-state index contributed by atoms with van der Waals surface area (Å²) in [4.78, 5) is 15.5. The average Bonchev–Trinajstić information content (AvgIpc) is 2.81. The first-order valence-electron chi connectivity index (χ1n) is 6.10. The van der Waals surface area contributed by atoms with Gasteiger partial charge in [0.05, 0.1) is 12.0 Å². The van der Waals surface area contributed by atoms with Crippen LogP contribution in [0.5, 0.6) is 0 Å². The van der Waals surface area contributed by atoms with Crippen LogP contribution < -0.4 is 5.32 Å². The monoisotopic (exact) mass is 288 g/mol. The summed E-state index contributed by atoms with van der Waals surface area (Å²) in [6, 6.07) is 4.11. The van der Waals surface area contributed by atoms with Crippen molar-refractivity contribution in [1.29, 1.82) is 0 Å². The number of piperidine rings is 1. The molecule has 2 heterocycles. The quantitative estimate of drug-likeness (QED) is 0.927. The predicted molar refractivity (Wildman–Crippen MR) is 78.3 cm³/mol. The fourth-order valence-corrected chi connectivity index (χ4v) is 3.16. The molecule has 0 aliphatic carbocycles. The number of nitrogens with zero attached hydrogens (tertiary/aromatic N) is 1. The van der Waals surface area contributed by atoms with E-state index in [1.165, 1.54) is 4.88 Å². The third kappa shape index (κ3) is 3.46.